The number of rotatable bonds is 11. The third-order valence-corrected chi connectivity index (χ3v) is 11.1. The van der Waals surface area contributed by atoms with Crippen LogP contribution in [0.5, 0.6) is 0 Å². The van der Waals surface area contributed by atoms with E-state index in [0.29, 0.717) is 0 Å². The number of hydrogen-bond acceptors (Lipinski definition) is 4. The number of unbranched alkanes of at least 4 members (excludes halogenated alkanes) is 3. The molecule has 0 radical (unpaired) electrons. The monoisotopic (exact) mass is 314 g/mol. The molecule has 0 amide bonds. The zero-order chi connectivity index (χ0) is 14.1. The van der Waals surface area contributed by atoms with Gasteiger partial charge in [-0.15, -0.1) is 0 Å². The molecule has 0 saturated carbocycles. The van der Waals surface area contributed by atoms with Crippen molar-refractivity contribution < 1.29 is 32.2 Å². The van der Waals surface area contributed by atoms with Gasteiger partial charge >= 0.3 is 118 Å². The molecule has 0 atom stereocenters. The molecule has 110 valence electrons. The second-order valence-electron chi connectivity index (χ2n) is 5.17. The van der Waals surface area contributed by atoms with E-state index in [1.165, 1.54) is 0 Å². The predicted octanol–water partition coefficient (Wildman–Crippen LogP) is 3.14. The second-order valence-corrected chi connectivity index (χ2v) is 12.0. The van der Waals surface area contributed by atoms with Crippen molar-refractivity contribution in [3.05, 3.63) is 0 Å². The first-order chi connectivity index (χ1) is 8.39. The molecule has 0 heterocycles. The fourth-order valence-electron chi connectivity index (χ4n) is 2.32. The standard InChI is InChI=1S/C12H27OSi.3H2O.Ti/c1-4-7-10-14(13,11-8-5-2)12-9-6-3;;;;/h4-12H2,1-3H3;3*1H2;/q-1;;;;+4/p-3. The summed E-state index contributed by atoms with van der Waals surface area (Å²) in [5.74, 6) is 0. The van der Waals surface area contributed by atoms with Crippen LogP contribution in [0.3, 0.4) is 0 Å². The Kier molecular flexibility index (Phi) is 10.1. The van der Waals surface area contributed by atoms with Gasteiger partial charge in [-0.1, -0.05) is 0 Å². The van der Waals surface area contributed by atoms with Crippen LogP contribution in [-0.4, -0.2) is 19.4 Å². The van der Waals surface area contributed by atoms with Crippen molar-refractivity contribution in [1.29, 1.82) is 0 Å². The van der Waals surface area contributed by atoms with Gasteiger partial charge in [-0.2, -0.15) is 0 Å². The fourth-order valence-corrected chi connectivity index (χ4v) is 11.1. The van der Waals surface area contributed by atoms with Crippen LogP contribution >= 0.6 is 0 Å². The molecular formula is C12H30O4SiTi. The van der Waals surface area contributed by atoms with Crippen molar-refractivity contribution in [2.45, 2.75) is 77.4 Å². The summed E-state index contributed by atoms with van der Waals surface area (Å²) in [5, 5.41) is 0. The van der Waals surface area contributed by atoms with Gasteiger partial charge in [0.1, 0.15) is 0 Å². The summed E-state index contributed by atoms with van der Waals surface area (Å²) in [4.78, 5) is 0. The molecule has 0 fully saturated rings. The molecule has 0 aromatic heterocycles. The maximum atomic E-state index is 9.36. The molecule has 3 N–H and O–H groups in total. The summed E-state index contributed by atoms with van der Waals surface area (Å²) in [6.07, 6.45) is 6.41. The summed E-state index contributed by atoms with van der Waals surface area (Å²) in [7, 11) is -2.16. The fraction of sp³-hybridized carbons (Fsp3) is 1.00. The number of hydrogen-bond donors (Lipinski definition) is 3. The Morgan fingerprint density at radius 1 is 0.778 bits per heavy atom. The molecule has 0 rings (SSSR count). The quantitative estimate of drug-likeness (QED) is 0.512. The molecule has 6 heteroatoms. The van der Waals surface area contributed by atoms with E-state index in [4.69, 9.17) is 3.01 Å². The van der Waals surface area contributed by atoms with Crippen molar-refractivity contribution in [3.63, 3.8) is 0 Å². The van der Waals surface area contributed by atoms with E-state index in [1.54, 1.807) is 0 Å². The molecule has 0 saturated heterocycles. The van der Waals surface area contributed by atoms with Crippen LogP contribution < -0.4 is 0 Å². The first-order valence-electron chi connectivity index (χ1n) is 7.26. The summed E-state index contributed by atoms with van der Waals surface area (Å²) in [6.45, 7) is 6.39. The molecule has 0 spiro atoms. The third-order valence-electron chi connectivity index (χ3n) is 3.31. The Hall–Kier alpha value is 0.771. The Balaban J connectivity index is 4.73. The summed E-state index contributed by atoms with van der Waals surface area (Å²) in [5.41, 5.74) is 0. The minimum absolute atomic E-state index is 0.943. The van der Waals surface area contributed by atoms with E-state index in [9.17, 15) is 11.1 Å². The van der Waals surface area contributed by atoms with E-state index >= 15 is 0 Å². The molecule has 0 bridgehead atoms. The van der Waals surface area contributed by atoms with Crippen molar-refractivity contribution >= 4 is 8.32 Å². The summed E-state index contributed by atoms with van der Waals surface area (Å²) < 4.78 is 33.6. The molecule has 0 aromatic rings. The Morgan fingerprint density at radius 2 is 1.11 bits per heavy atom. The van der Waals surface area contributed by atoms with E-state index in [2.05, 4.69) is 20.8 Å². The maximum absolute atomic E-state index is 9.36. The van der Waals surface area contributed by atoms with Crippen LogP contribution in [0.1, 0.15) is 59.3 Å². The minimum atomic E-state index is -4.88. The van der Waals surface area contributed by atoms with E-state index in [1.807, 2.05) is 0 Å². The van der Waals surface area contributed by atoms with Gasteiger partial charge in [-0.3, -0.25) is 0 Å². The van der Waals surface area contributed by atoms with Crippen LogP contribution in [0, 0.1) is 0 Å². The molecular weight excluding hydrogens is 284 g/mol. The van der Waals surface area contributed by atoms with Gasteiger partial charge in [0.2, 0.25) is 0 Å². The van der Waals surface area contributed by atoms with Gasteiger partial charge in [-0.05, 0) is 0 Å². The van der Waals surface area contributed by atoms with E-state index in [-0.39, 0.29) is 0 Å². The topological polar surface area (TPSA) is 69.9 Å². The van der Waals surface area contributed by atoms with Gasteiger partial charge in [-0.25, -0.2) is 0 Å². The van der Waals surface area contributed by atoms with Crippen molar-refractivity contribution in [3.8, 4) is 0 Å². The first kappa shape index (κ1) is 18.8. The molecule has 4 nitrogen and oxygen atoms in total. The molecule has 0 aromatic carbocycles. The third kappa shape index (κ3) is 8.80. The molecule has 18 heavy (non-hydrogen) atoms. The van der Waals surface area contributed by atoms with E-state index in [0.717, 1.165) is 56.7 Å². The zero-order valence-electron chi connectivity index (χ0n) is 12.1. The van der Waals surface area contributed by atoms with Crippen LogP contribution in [0.25, 0.3) is 0 Å². The van der Waals surface area contributed by atoms with Gasteiger partial charge < -0.3 is 0 Å². The summed E-state index contributed by atoms with van der Waals surface area (Å²) in [6, 6.07) is 2.83. The van der Waals surface area contributed by atoms with E-state index < -0.39 is 26.5 Å². The Morgan fingerprint density at radius 3 is 1.33 bits per heavy atom. The SMILES string of the molecule is CCCC[Si](CCCC)(CCCC)[O][Ti]([OH])([OH])[OH]. The Labute approximate surface area is 118 Å². The van der Waals surface area contributed by atoms with Gasteiger partial charge in [0, 0.05) is 0 Å². The Bertz CT molecular complexity index is 187. The average Bonchev–Trinajstić information content (AvgIpc) is 2.29. The van der Waals surface area contributed by atoms with Gasteiger partial charge in [0.05, 0.1) is 0 Å². The van der Waals surface area contributed by atoms with Crippen LogP contribution in [-0.2, 0) is 21.1 Å². The first-order valence-corrected chi connectivity index (χ1v) is 12.5. The normalized spacial score (nSPS) is 13.0. The van der Waals surface area contributed by atoms with Crippen LogP contribution in [0.15, 0.2) is 0 Å². The average molecular weight is 314 g/mol. The van der Waals surface area contributed by atoms with Gasteiger partial charge in [0.15, 0.2) is 0 Å². The van der Waals surface area contributed by atoms with Crippen LogP contribution in [0.4, 0.5) is 0 Å². The molecule has 0 aliphatic rings. The molecule has 0 aliphatic carbocycles. The predicted molar refractivity (Wildman–Crippen MR) is 72.6 cm³/mol. The van der Waals surface area contributed by atoms with Crippen molar-refractivity contribution in [2.75, 3.05) is 0 Å². The molecule has 0 aliphatic heterocycles. The van der Waals surface area contributed by atoms with Crippen molar-refractivity contribution in [2.24, 2.45) is 0 Å². The van der Waals surface area contributed by atoms with Gasteiger partial charge in [0.25, 0.3) is 0 Å². The molecule has 0 unspecified atom stereocenters. The zero-order valence-corrected chi connectivity index (χ0v) is 14.7. The second kappa shape index (κ2) is 9.64. The van der Waals surface area contributed by atoms with Crippen molar-refractivity contribution in [1.82, 2.24) is 0 Å². The van der Waals surface area contributed by atoms with Crippen LogP contribution in [0.2, 0.25) is 18.1 Å². The summed E-state index contributed by atoms with van der Waals surface area (Å²) >= 11 is -4.88.